The fraction of sp³-hybridized carbons (Fsp3) is 0.182. The van der Waals surface area contributed by atoms with Crippen molar-refractivity contribution in [1.82, 2.24) is 19.7 Å². The van der Waals surface area contributed by atoms with Gasteiger partial charge in [-0.2, -0.15) is 5.10 Å². The second-order valence-electron chi connectivity index (χ2n) is 7.81. The zero-order valence-electron chi connectivity index (χ0n) is 15.6. The SMILES string of the molecule is CC1(C)Cc2c(cnn2-c2cccc(Cl)c2)-c2nc(-c3ccc(O)cc3)[nH]c21. The summed E-state index contributed by atoms with van der Waals surface area (Å²) in [5.74, 6) is 1.03. The number of phenolic OH excluding ortho intramolecular Hbond substituents is 1. The first kappa shape index (κ1) is 17.1. The maximum absolute atomic E-state index is 9.56. The van der Waals surface area contributed by atoms with E-state index in [1.807, 2.05) is 47.3 Å². The molecule has 0 bridgehead atoms. The zero-order chi connectivity index (χ0) is 19.5. The molecule has 1 aliphatic carbocycles. The molecule has 5 nitrogen and oxygen atoms in total. The lowest BCUT2D eigenvalue weighted by molar-refractivity contribution is 0.475. The standard InChI is InChI=1S/C22H19ClN4O/c1-22(2)11-18-17(12-24-27(18)15-5-3-4-14(23)10-15)19-20(22)26-21(25-19)13-6-8-16(28)9-7-13/h3-10,12,28H,11H2,1-2H3,(H,25,26). The average molecular weight is 391 g/mol. The number of nitrogens with one attached hydrogen (secondary N) is 1. The molecule has 2 N–H and O–H groups in total. The van der Waals surface area contributed by atoms with Crippen LogP contribution in [0.4, 0.5) is 0 Å². The van der Waals surface area contributed by atoms with Crippen molar-refractivity contribution in [1.29, 1.82) is 0 Å². The van der Waals surface area contributed by atoms with Gasteiger partial charge in [-0.05, 0) is 42.5 Å². The van der Waals surface area contributed by atoms with Crippen LogP contribution in [0.1, 0.15) is 25.2 Å². The molecule has 0 fully saturated rings. The molecule has 0 spiro atoms. The van der Waals surface area contributed by atoms with Crippen LogP contribution >= 0.6 is 11.6 Å². The van der Waals surface area contributed by atoms with Gasteiger partial charge in [0.15, 0.2) is 0 Å². The number of nitrogens with zero attached hydrogens (tertiary/aromatic N) is 3. The van der Waals surface area contributed by atoms with Crippen molar-refractivity contribution in [2.24, 2.45) is 0 Å². The molecule has 0 unspecified atom stereocenters. The maximum atomic E-state index is 9.56. The highest BCUT2D eigenvalue weighted by Gasteiger charge is 2.37. The van der Waals surface area contributed by atoms with Crippen LogP contribution in [-0.4, -0.2) is 24.9 Å². The van der Waals surface area contributed by atoms with Crippen molar-refractivity contribution in [3.8, 4) is 34.1 Å². The number of aromatic hydroxyl groups is 1. The van der Waals surface area contributed by atoms with E-state index in [-0.39, 0.29) is 11.2 Å². The van der Waals surface area contributed by atoms with Gasteiger partial charge in [0, 0.05) is 33.7 Å². The van der Waals surface area contributed by atoms with E-state index >= 15 is 0 Å². The molecule has 140 valence electrons. The zero-order valence-corrected chi connectivity index (χ0v) is 16.3. The predicted molar refractivity (Wildman–Crippen MR) is 110 cm³/mol. The number of aromatic nitrogens is 4. The van der Waals surface area contributed by atoms with E-state index in [2.05, 4.69) is 23.9 Å². The van der Waals surface area contributed by atoms with Crippen molar-refractivity contribution < 1.29 is 5.11 Å². The van der Waals surface area contributed by atoms with Crippen LogP contribution in [0.5, 0.6) is 5.75 Å². The van der Waals surface area contributed by atoms with Gasteiger partial charge in [-0.1, -0.05) is 31.5 Å². The van der Waals surface area contributed by atoms with Gasteiger partial charge in [-0.25, -0.2) is 9.67 Å². The summed E-state index contributed by atoms with van der Waals surface area (Å²) in [7, 11) is 0. The third-order valence-electron chi connectivity index (χ3n) is 5.31. The number of imidazole rings is 1. The predicted octanol–water partition coefficient (Wildman–Crippen LogP) is 5.12. The minimum atomic E-state index is -0.124. The fourth-order valence-corrected chi connectivity index (χ4v) is 4.08. The Morgan fingerprint density at radius 2 is 1.93 bits per heavy atom. The van der Waals surface area contributed by atoms with E-state index in [4.69, 9.17) is 16.6 Å². The lowest BCUT2D eigenvalue weighted by Crippen LogP contribution is -2.27. The van der Waals surface area contributed by atoms with Gasteiger partial charge in [0.05, 0.1) is 23.3 Å². The van der Waals surface area contributed by atoms with Crippen LogP contribution < -0.4 is 0 Å². The Kier molecular flexibility index (Phi) is 3.64. The summed E-state index contributed by atoms with van der Waals surface area (Å²) in [6.07, 6.45) is 2.71. The molecule has 4 aromatic rings. The molecule has 0 radical (unpaired) electrons. The molecule has 2 aromatic heterocycles. The topological polar surface area (TPSA) is 66.7 Å². The minimum Gasteiger partial charge on any atom is -0.508 e. The molecule has 6 heteroatoms. The van der Waals surface area contributed by atoms with Gasteiger partial charge in [-0.3, -0.25) is 0 Å². The van der Waals surface area contributed by atoms with Crippen molar-refractivity contribution in [3.63, 3.8) is 0 Å². The van der Waals surface area contributed by atoms with Crippen LogP contribution in [0.25, 0.3) is 28.3 Å². The van der Waals surface area contributed by atoms with Crippen LogP contribution in [-0.2, 0) is 11.8 Å². The highest BCUT2D eigenvalue weighted by molar-refractivity contribution is 6.30. The number of benzene rings is 2. The number of hydrogen-bond acceptors (Lipinski definition) is 3. The van der Waals surface area contributed by atoms with Gasteiger partial charge in [0.25, 0.3) is 0 Å². The summed E-state index contributed by atoms with van der Waals surface area (Å²) in [5.41, 5.74) is 5.96. The van der Waals surface area contributed by atoms with Crippen LogP contribution in [0.2, 0.25) is 5.02 Å². The highest BCUT2D eigenvalue weighted by Crippen LogP contribution is 2.43. The Hall–Kier alpha value is -3.05. The molecular weight excluding hydrogens is 372 g/mol. The first-order chi connectivity index (χ1) is 13.4. The summed E-state index contributed by atoms with van der Waals surface area (Å²) in [4.78, 5) is 8.40. The second kappa shape index (κ2) is 5.97. The lowest BCUT2D eigenvalue weighted by atomic mass is 9.77. The molecule has 0 saturated heterocycles. The Bertz CT molecular complexity index is 1190. The Morgan fingerprint density at radius 3 is 2.68 bits per heavy atom. The first-order valence-corrected chi connectivity index (χ1v) is 9.53. The molecule has 28 heavy (non-hydrogen) atoms. The summed E-state index contributed by atoms with van der Waals surface area (Å²) in [6.45, 7) is 4.42. The van der Waals surface area contributed by atoms with E-state index < -0.39 is 0 Å². The molecule has 0 aliphatic heterocycles. The van der Waals surface area contributed by atoms with E-state index in [9.17, 15) is 5.11 Å². The monoisotopic (exact) mass is 390 g/mol. The molecule has 2 heterocycles. The normalized spacial score (nSPS) is 14.5. The molecule has 0 amide bonds. The van der Waals surface area contributed by atoms with Crippen molar-refractivity contribution in [3.05, 3.63) is 71.1 Å². The molecular formula is C22H19ClN4O. The number of fused-ring (bicyclic) bond motifs is 3. The highest BCUT2D eigenvalue weighted by atomic mass is 35.5. The molecule has 2 aromatic carbocycles. The van der Waals surface area contributed by atoms with Gasteiger partial charge in [0.1, 0.15) is 11.6 Å². The molecule has 1 aliphatic rings. The van der Waals surface area contributed by atoms with Gasteiger partial charge < -0.3 is 10.1 Å². The number of hydrogen-bond donors (Lipinski definition) is 2. The smallest absolute Gasteiger partial charge is 0.138 e. The lowest BCUT2D eigenvalue weighted by Gasteiger charge is -2.29. The molecule has 0 atom stereocenters. The largest absolute Gasteiger partial charge is 0.508 e. The average Bonchev–Trinajstić information content (AvgIpc) is 3.27. The third kappa shape index (κ3) is 2.62. The summed E-state index contributed by atoms with van der Waals surface area (Å²) < 4.78 is 1.96. The molecule has 0 saturated carbocycles. The number of phenols is 1. The van der Waals surface area contributed by atoms with Crippen molar-refractivity contribution in [2.45, 2.75) is 25.7 Å². The van der Waals surface area contributed by atoms with Gasteiger partial charge in [0.2, 0.25) is 0 Å². The Balaban J connectivity index is 1.67. The van der Waals surface area contributed by atoms with Gasteiger partial charge >= 0.3 is 0 Å². The van der Waals surface area contributed by atoms with E-state index in [0.717, 1.165) is 46.1 Å². The van der Waals surface area contributed by atoms with E-state index in [0.29, 0.717) is 5.02 Å². The quantitative estimate of drug-likeness (QED) is 0.499. The second-order valence-corrected chi connectivity index (χ2v) is 8.25. The summed E-state index contributed by atoms with van der Waals surface area (Å²) in [5, 5.41) is 14.9. The minimum absolute atomic E-state index is 0.124. The number of rotatable bonds is 2. The van der Waals surface area contributed by atoms with Crippen molar-refractivity contribution >= 4 is 11.6 Å². The molecule has 5 rings (SSSR count). The van der Waals surface area contributed by atoms with Gasteiger partial charge in [-0.15, -0.1) is 0 Å². The van der Waals surface area contributed by atoms with Crippen LogP contribution in [0.15, 0.2) is 54.7 Å². The summed E-state index contributed by atoms with van der Waals surface area (Å²) in [6, 6.07) is 14.8. The maximum Gasteiger partial charge on any atom is 0.138 e. The number of aromatic amines is 1. The Labute approximate surface area is 167 Å². The van der Waals surface area contributed by atoms with E-state index in [1.54, 1.807) is 12.1 Å². The van der Waals surface area contributed by atoms with Crippen LogP contribution in [0, 0.1) is 0 Å². The first-order valence-electron chi connectivity index (χ1n) is 9.15. The Morgan fingerprint density at radius 1 is 1.14 bits per heavy atom. The summed E-state index contributed by atoms with van der Waals surface area (Å²) >= 11 is 6.19. The van der Waals surface area contributed by atoms with E-state index in [1.165, 1.54) is 0 Å². The number of H-pyrrole nitrogens is 1. The number of halogens is 1. The third-order valence-corrected chi connectivity index (χ3v) is 5.54. The fourth-order valence-electron chi connectivity index (χ4n) is 3.89. The van der Waals surface area contributed by atoms with Crippen molar-refractivity contribution in [2.75, 3.05) is 0 Å². The van der Waals surface area contributed by atoms with Crippen LogP contribution in [0.3, 0.4) is 0 Å².